The van der Waals surface area contributed by atoms with Gasteiger partial charge in [0.15, 0.2) is 0 Å². The molecule has 21 heavy (non-hydrogen) atoms. The van der Waals surface area contributed by atoms with Crippen molar-refractivity contribution in [2.24, 2.45) is 0 Å². The van der Waals surface area contributed by atoms with Crippen molar-refractivity contribution in [3.63, 3.8) is 0 Å². The lowest BCUT2D eigenvalue weighted by Crippen LogP contribution is -2.25. The van der Waals surface area contributed by atoms with E-state index in [0.29, 0.717) is 5.39 Å². The largest absolute Gasteiger partial charge is 0.462 e. The van der Waals surface area contributed by atoms with Crippen molar-refractivity contribution < 1.29 is 9.53 Å². The summed E-state index contributed by atoms with van der Waals surface area (Å²) in [5.41, 5.74) is 2.99. The van der Waals surface area contributed by atoms with Crippen LogP contribution in [-0.2, 0) is 11.2 Å². The Labute approximate surface area is 123 Å². The first-order valence-corrected chi connectivity index (χ1v) is 7.39. The molecule has 0 amide bonds. The van der Waals surface area contributed by atoms with Gasteiger partial charge in [-0.25, -0.2) is 4.79 Å². The van der Waals surface area contributed by atoms with Crippen molar-refractivity contribution >= 4 is 16.9 Å². The molecule has 0 fully saturated rings. The van der Waals surface area contributed by atoms with Gasteiger partial charge in [-0.2, -0.15) is 0 Å². The van der Waals surface area contributed by atoms with Crippen LogP contribution in [-0.4, -0.2) is 17.1 Å². The average Bonchev–Trinajstić information content (AvgIpc) is 2.46. The lowest BCUT2D eigenvalue weighted by molar-refractivity contribution is 0.0524. The highest BCUT2D eigenvalue weighted by molar-refractivity contribution is 5.95. The topological polar surface area (TPSA) is 48.3 Å². The molecule has 4 heteroatoms. The van der Waals surface area contributed by atoms with Crippen LogP contribution >= 0.6 is 0 Å². The van der Waals surface area contributed by atoms with E-state index in [4.69, 9.17) is 4.74 Å². The summed E-state index contributed by atoms with van der Waals surface area (Å²) < 4.78 is 7.09. The van der Waals surface area contributed by atoms with Crippen molar-refractivity contribution in [1.82, 2.24) is 4.57 Å². The Hall–Kier alpha value is -2.10. The first-order chi connectivity index (χ1) is 10.0. The molecular formula is C17H19NO3. The van der Waals surface area contributed by atoms with Crippen LogP contribution in [0.2, 0.25) is 0 Å². The number of esters is 1. The van der Waals surface area contributed by atoms with Crippen molar-refractivity contribution in [1.29, 1.82) is 0 Å². The van der Waals surface area contributed by atoms with E-state index in [1.807, 2.05) is 13.0 Å². The second-order valence-electron chi connectivity index (χ2n) is 5.65. The van der Waals surface area contributed by atoms with E-state index in [0.717, 1.165) is 23.9 Å². The van der Waals surface area contributed by atoms with Crippen LogP contribution in [0.4, 0.5) is 0 Å². The summed E-state index contributed by atoms with van der Waals surface area (Å²) in [5.74, 6) is -0.532. The molecule has 1 aromatic carbocycles. The van der Waals surface area contributed by atoms with Gasteiger partial charge in [-0.15, -0.1) is 0 Å². The summed E-state index contributed by atoms with van der Waals surface area (Å²) in [6.07, 6.45) is 3.65. The van der Waals surface area contributed by atoms with Crippen LogP contribution < -0.4 is 5.43 Å². The molecule has 2 heterocycles. The fourth-order valence-corrected chi connectivity index (χ4v) is 3.12. The van der Waals surface area contributed by atoms with Crippen LogP contribution in [0.25, 0.3) is 10.9 Å². The molecule has 4 nitrogen and oxygen atoms in total. The number of aryl methyl sites for hydroxylation is 2. The van der Waals surface area contributed by atoms with Gasteiger partial charge in [0.2, 0.25) is 5.43 Å². The fourth-order valence-electron chi connectivity index (χ4n) is 3.12. The summed E-state index contributed by atoms with van der Waals surface area (Å²) in [6, 6.07) is 4.33. The molecule has 110 valence electrons. The predicted octanol–water partition coefficient (Wildman–Crippen LogP) is 2.99. The van der Waals surface area contributed by atoms with Crippen molar-refractivity contribution in [2.45, 2.75) is 39.7 Å². The quantitative estimate of drug-likeness (QED) is 0.797. The molecule has 3 rings (SSSR count). The van der Waals surface area contributed by atoms with Crippen LogP contribution in [0.1, 0.15) is 47.8 Å². The van der Waals surface area contributed by atoms with E-state index in [2.05, 4.69) is 17.6 Å². The maximum absolute atomic E-state index is 12.7. The third-order valence-electron chi connectivity index (χ3n) is 4.27. The molecule has 1 atom stereocenters. The zero-order valence-electron chi connectivity index (χ0n) is 12.6. The molecule has 0 aliphatic carbocycles. The van der Waals surface area contributed by atoms with Crippen molar-refractivity contribution in [3.8, 4) is 0 Å². The second kappa shape index (κ2) is 5.02. The van der Waals surface area contributed by atoms with Gasteiger partial charge in [-0.05, 0) is 44.7 Å². The van der Waals surface area contributed by atoms with Gasteiger partial charge in [0, 0.05) is 17.6 Å². The molecule has 1 unspecified atom stereocenters. The fraction of sp³-hybridized carbons (Fsp3) is 0.412. The minimum Gasteiger partial charge on any atom is -0.462 e. The lowest BCUT2D eigenvalue weighted by Gasteiger charge is -2.27. The Morgan fingerprint density at radius 2 is 2.19 bits per heavy atom. The zero-order chi connectivity index (χ0) is 15.1. The summed E-state index contributed by atoms with van der Waals surface area (Å²) in [7, 11) is 0. The molecule has 1 aliphatic rings. The standard InChI is InChI=1S/C17H19NO3/c1-4-21-17(20)13-9-18-11(3)6-8-12-7-5-10(2)14(15(12)18)16(13)19/h5,7,9,11H,4,6,8H2,1-3H3. The smallest absolute Gasteiger partial charge is 0.343 e. The van der Waals surface area contributed by atoms with Gasteiger partial charge in [0.1, 0.15) is 5.56 Å². The summed E-state index contributed by atoms with van der Waals surface area (Å²) >= 11 is 0. The third-order valence-corrected chi connectivity index (χ3v) is 4.27. The number of ether oxygens (including phenoxy) is 1. The number of pyridine rings is 1. The minimum absolute atomic E-state index is 0.137. The van der Waals surface area contributed by atoms with E-state index in [1.165, 1.54) is 5.56 Å². The highest BCUT2D eigenvalue weighted by atomic mass is 16.5. The number of hydrogen-bond donors (Lipinski definition) is 0. The number of carbonyl (C=O) groups excluding carboxylic acids is 1. The summed E-state index contributed by atoms with van der Waals surface area (Å²) in [6.45, 7) is 6.04. The Morgan fingerprint density at radius 1 is 1.43 bits per heavy atom. The Bertz CT molecular complexity index is 789. The van der Waals surface area contributed by atoms with Crippen LogP contribution in [0.15, 0.2) is 23.1 Å². The minimum atomic E-state index is -0.532. The molecule has 1 aliphatic heterocycles. The monoisotopic (exact) mass is 285 g/mol. The normalized spacial score (nSPS) is 17.0. The van der Waals surface area contributed by atoms with E-state index < -0.39 is 5.97 Å². The third kappa shape index (κ3) is 2.06. The first kappa shape index (κ1) is 13.9. The van der Waals surface area contributed by atoms with Gasteiger partial charge in [0.05, 0.1) is 12.1 Å². The van der Waals surface area contributed by atoms with E-state index in [-0.39, 0.29) is 23.6 Å². The maximum Gasteiger partial charge on any atom is 0.343 e. The summed E-state index contributed by atoms with van der Waals surface area (Å²) in [4.78, 5) is 24.8. The highest BCUT2D eigenvalue weighted by Crippen LogP contribution is 2.31. The van der Waals surface area contributed by atoms with Gasteiger partial charge in [-0.3, -0.25) is 4.79 Å². The molecule has 1 aromatic heterocycles. The highest BCUT2D eigenvalue weighted by Gasteiger charge is 2.24. The van der Waals surface area contributed by atoms with Gasteiger partial charge >= 0.3 is 5.97 Å². The Kier molecular flexibility index (Phi) is 3.32. The van der Waals surface area contributed by atoms with Crippen LogP contribution in [0.3, 0.4) is 0 Å². The second-order valence-corrected chi connectivity index (χ2v) is 5.65. The lowest BCUT2D eigenvalue weighted by atomic mass is 9.94. The Balaban J connectivity index is 2.40. The average molecular weight is 285 g/mol. The predicted molar refractivity (Wildman–Crippen MR) is 81.9 cm³/mol. The van der Waals surface area contributed by atoms with E-state index in [9.17, 15) is 9.59 Å². The Morgan fingerprint density at radius 3 is 2.90 bits per heavy atom. The summed E-state index contributed by atoms with van der Waals surface area (Å²) in [5, 5.41) is 0.657. The number of rotatable bonds is 2. The number of nitrogens with zero attached hydrogens (tertiary/aromatic N) is 1. The molecule has 0 saturated carbocycles. The van der Waals surface area contributed by atoms with Crippen molar-refractivity contribution in [2.75, 3.05) is 6.61 Å². The molecule has 0 spiro atoms. The molecule has 0 saturated heterocycles. The molecule has 0 bridgehead atoms. The van der Waals surface area contributed by atoms with Gasteiger partial charge in [0.25, 0.3) is 0 Å². The van der Waals surface area contributed by atoms with Crippen molar-refractivity contribution in [3.05, 3.63) is 45.2 Å². The van der Waals surface area contributed by atoms with Crippen LogP contribution in [0.5, 0.6) is 0 Å². The number of aromatic nitrogens is 1. The molecule has 0 N–H and O–H groups in total. The molecular weight excluding hydrogens is 266 g/mol. The number of benzene rings is 1. The first-order valence-electron chi connectivity index (χ1n) is 7.39. The molecule has 0 radical (unpaired) electrons. The van der Waals surface area contributed by atoms with Crippen LogP contribution in [0, 0.1) is 6.92 Å². The van der Waals surface area contributed by atoms with Gasteiger partial charge < -0.3 is 9.30 Å². The zero-order valence-corrected chi connectivity index (χ0v) is 12.6. The van der Waals surface area contributed by atoms with E-state index in [1.54, 1.807) is 13.1 Å². The number of hydrogen-bond acceptors (Lipinski definition) is 3. The van der Waals surface area contributed by atoms with E-state index >= 15 is 0 Å². The maximum atomic E-state index is 12.7. The SMILES string of the molecule is CCOC(=O)c1cn2c3c(ccc(C)c3c1=O)CCC2C. The molecule has 2 aromatic rings. The van der Waals surface area contributed by atoms with Gasteiger partial charge in [-0.1, -0.05) is 12.1 Å². The number of carbonyl (C=O) groups is 1.